The van der Waals surface area contributed by atoms with E-state index in [2.05, 4.69) is 5.32 Å². The lowest BCUT2D eigenvalue weighted by Crippen LogP contribution is -2.39. The second-order valence-corrected chi connectivity index (χ2v) is 5.76. The molecule has 0 saturated heterocycles. The van der Waals surface area contributed by atoms with Gasteiger partial charge in [0.15, 0.2) is 0 Å². The van der Waals surface area contributed by atoms with E-state index in [1.54, 1.807) is 24.3 Å². The Morgan fingerprint density at radius 1 is 1.18 bits per heavy atom. The number of ether oxygens (including phenoxy) is 1. The van der Waals surface area contributed by atoms with Crippen LogP contribution in [-0.2, 0) is 16.1 Å². The van der Waals surface area contributed by atoms with Crippen molar-refractivity contribution in [3.05, 3.63) is 35.4 Å². The Morgan fingerprint density at radius 3 is 2.50 bits per heavy atom. The Balaban J connectivity index is 1.97. The molecule has 1 saturated carbocycles. The largest absolute Gasteiger partial charge is 0.478 e. The molecule has 0 aromatic heterocycles. The predicted octanol–water partition coefficient (Wildman–Crippen LogP) is 2.60. The second kappa shape index (κ2) is 7.94. The van der Waals surface area contributed by atoms with Crippen molar-refractivity contribution in [2.45, 2.75) is 44.7 Å². The molecule has 22 heavy (non-hydrogen) atoms. The van der Waals surface area contributed by atoms with Gasteiger partial charge in [0.2, 0.25) is 0 Å². The number of hydrogen-bond acceptors (Lipinski definition) is 4. The molecule has 1 aromatic carbocycles. The van der Waals surface area contributed by atoms with Gasteiger partial charge in [-0.2, -0.15) is 0 Å². The van der Waals surface area contributed by atoms with E-state index < -0.39 is 5.97 Å². The summed E-state index contributed by atoms with van der Waals surface area (Å²) in [5, 5.41) is 12.3. The monoisotopic (exact) mass is 305 g/mol. The highest BCUT2D eigenvalue weighted by atomic mass is 16.5. The van der Waals surface area contributed by atoms with Gasteiger partial charge in [0.05, 0.1) is 18.6 Å². The fraction of sp³-hybridized carbons (Fsp3) is 0.529. The van der Waals surface area contributed by atoms with Crippen molar-refractivity contribution < 1.29 is 19.4 Å². The smallest absolute Gasteiger partial charge is 0.335 e. The molecule has 2 N–H and O–H groups in total. The van der Waals surface area contributed by atoms with Crippen LogP contribution in [0.5, 0.6) is 0 Å². The van der Waals surface area contributed by atoms with Crippen LogP contribution < -0.4 is 5.32 Å². The summed E-state index contributed by atoms with van der Waals surface area (Å²) in [6.45, 7) is 0.623. The van der Waals surface area contributed by atoms with E-state index in [0.29, 0.717) is 6.54 Å². The Bertz CT molecular complexity index is 512. The molecule has 5 nitrogen and oxygen atoms in total. The summed E-state index contributed by atoms with van der Waals surface area (Å²) >= 11 is 0. The lowest BCUT2D eigenvalue weighted by atomic mass is 9.94. The number of carboxylic acids is 1. The number of nitrogens with one attached hydrogen (secondary N) is 1. The molecule has 2 atom stereocenters. The molecule has 5 heteroatoms. The van der Waals surface area contributed by atoms with Crippen LogP contribution in [0.4, 0.5) is 0 Å². The molecular formula is C17H23NO4. The maximum Gasteiger partial charge on any atom is 0.335 e. The molecule has 0 aliphatic heterocycles. The number of carboxylic acid groups (broad SMARTS) is 1. The minimum atomic E-state index is -0.922. The topological polar surface area (TPSA) is 75.6 Å². The van der Waals surface area contributed by atoms with Crippen LogP contribution in [-0.4, -0.2) is 30.2 Å². The molecule has 1 aliphatic carbocycles. The van der Waals surface area contributed by atoms with Crippen LogP contribution in [0.15, 0.2) is 24.3 Å². The molecule has 1 aliphatic rings. The van der Waals surface area contributed by atoms with Gasteiger partial charge in [0, 0.05) is 12.6 Å². The molecule has 0 spiro atoms. The van der Waals surface area contributed by atoms with Crippen LogP contribution in [0.25, 0.3) is 0 Å². The van der Waals surface area contributed by atoms with Gasteiger partial charge in [-0.3, -0.25) is 4.79 Å². The number of methoxy groups -OCH3 is 1. The fourth-order valence-corrected chi connectivity index (χ4v) is 3.00. The first kappa shape index (κ1) is 16.5. The second-order valence-electron chi connectivity index (χ2n) is 5.76. The van der Waals surface area contributed by atoms with Crippen molar-refractivity contribution in [2.75, 3.05) is 7.11 Å². The summed E-state index contributed by atoms with van der Waals surface area (Å²) in [7, 11) is 1.44. The van der Waals surface area contributed by atoms with Gasteiger partial charge in [-0.25, -0.2) is 4.79 Å². The third-order valence-electron chi connectivity index (χ3n) is 4.29. The molecule has 0 amide bonds. The van der Waals surface area contributed by atoms with Gasteiger partial charge in [-0.05, 0) is 30.5 Å². The highest BCUT2D eigenvalue weighted by molar-refractivity contribution is 5.87. The van der Waals surface area contributed by atoms with Crippen molar-refractivity contribution in [2.24, 2.45) is 5.92 Å². The van der Waals surface area contributed by atoms with E-state index in [-0.39, 0.29) is 23.5 Å². The maximum absolute atomic E-state index is 11.9. The Hall–Kier alpha value is -1.88. The van der Waals surface area contributed by atoms with E-state index >= 15 is 0 Å². The molecule has 0 unspecified atom stereocenters. The zero-order valence-electron chi connectivity index (χ0n) is 12.9. The van der Waals surface area contributed by atoms with E-state index in [1.165, 1.54) is 7.11 Å². The van der Waals surface area contributed by atoms with Crippen molar-refractivity contribution in [3.63, 3.8) is 0 Å². The number of hydrogen-bond donors (Lipinski definition) is 2. The van der Waals surface area contributed by atoms with E-state index in [0.717, 1.165) is 37.7 Å². The summed E-state index contributed by atoms with van der Waals surface area (Å²) in [6, 6.07) is 6.93. The first-order valence-corrected chi connectivity index (χ1v) is 7.75. The zero-order valence-corrected chi connectivity index (χ0v) is 12.9. The lowest BCUT2D eigenvalue weighted by Gasteiger charge is -2.24. The molecule has 0 heterocycles. The number of benzene rings is 1. The van der Waals surface area contributed by atoms with E-state index in [9.17, 15) is 9.59 Å². The molecule has 2 rings (SSSR count). The van der Waals surface area contributed by atoms with Gasteiger partial charge in [-0.15, -0.1) is 0 Å². The summed E-state index contributed by atoms with van der Waals surface area (Å²) in [4.78, 5) is 22.8. The van der Waals surface area contributed by atoms with Gasteiger partial charge in [0.1, 0.15) is 0 Å². The number of carbonyl (C=O) groups is 2. The molecule has 0 radical (unpaired) electrons. The van der Waals surface area contributed by atoms with Crippen molar-refractivity contribution in [1.82, 2.24) is 5.32 Å². The minimum absolute atomic E-state index is 0.0919. The first-order valence-electron chi connectivity index (χ1n) is 7.75. The number of esters is 1. The van der Waals surface area contributed by atoms with Gasteiger partial charge >= 0.3 is 11.9 Å². The van der Waals surface area contributed by atoms with Gasteiger partial charge in [-0.1, -0.05) is 31.4 Å². The zero-order chi connectivity index (χ0) is 15.9. The van der Waals surface area contributed by atoms with Crippen LogP contribution >= 0.6 is 0 Å². The van der Waals surface area contributed by atoms with Gasteiger partial charge < -0.3 is 15.2 Å². The number of rotatable bonds is 5. The first-order chi connectivity index (χ1) is 10.6. The molecule has 1 aromatic rings. The van der Waals surface area contributed by atoms with E-state index in [4.69, 9.17) is 9.84 Å². The Labute approximate surface area is 130 Å². The van der Waals surface area contributed by atoms with Crippen molar-refractivity contribution in [1.29, 1.82) is 0 Å². The summed E-state index contributed by atoms with van der Waals surface area (Å²) < 4.78 is 4.93. The fourth-order valence-electron chi connectivity index (χ4n) is 3.00. The lowest BCUT2D eigenvalue weighted by molar-refractivity contribution is -0.146. The predicted molar refractivity (Wildman–Crippen MR) is 82.6 cm³/mol. The quantitative estimate of drug-likeness (QED) is 0.646. The van der Waals surface area contributed by atoms with Crippen LogP contribution in [0, 0.1) is 5.92 Å². The summed E-state index contributed by atoms with van der Waals surface area (Å²) in [6.07, 6.45) is 5.16. The highest BCUT2D eigenvalue weighted by Gasteiger charge is 2.29. The highest BCUT2D eigenvalue weighted by Crippen LogP contribution is 2.25. The number of carbonyl (C=O) groups excluding carboxylic acids is 1. The van der Waals surface area contributed by atoms with Crippen LogP contribution in [0.2, 0.25) is 0 Å². The van der Waals surface area contributed by atoms with Crippen molar-refractivity contribution >= 4 is 11.9 Å². The van der Waals surface area contributed by atoms with Crippen LogP contribution in [0.1, 0.15) is 48.0 Å². The standard InChI is InChI=1S/C17H23NO4/c1-22-17(21)14-5-3-2-4-6-15(14)18-11-12-7-9-13(10-8-12)16(19)20/h7-10,14-15,18H,2-6,11H2,1H3,(H,19,20)/t14-,15+/m1/s1. The normalized spacial score (nSPS) is 21.9. The van der Waals surface area contributed by atoms with Crippen molar-refractivity contribution in [3.8, 4) is 0 Å². The molecule has 120 valence electrons. The summed E-state index contributed by atoms with van der Waals surface area (Å²) in [5.74, 6) is -1.15. The Kier molecular flexibility index (Phi) is 5.95. The van der Waals surface area contributed by atoms with Gasteiger partial charge in [0.25, 0.3) is 0 Å². The molecular weight excluding hydrogens is 282 g/mol. The third kappa shape index (κ3) is 4.31. The number of aromatic carboxylic acids is 1. The minimum Gasteiger partial charge on any atom is -0.478 e. The third-order valence-corrected chi connectivity index (χ3v) is 4.29. The molecule has 1 fully saturated rings. The summed E-state index contributed by atoms with van der Waals surface area (Å²) in [5.41, 5.74) is 1.29. The average Bonchev–Trinajstić information content (AvgIpc) is 2.78. The van der Waals surface area contributed by atoms with E-state index in [1.807, 2.05) is 0 Å². The Morgan fingerprint density at radius 2 is 1.86 bits per heavy atom. The SMILES string of the molecule is COC(=O)[C@@H]1CCCCC[C@@H]1NCc1ccc(C(=O)O)cc1. The maximum atomic E-state index is 11.9. The van der Waals surface area contributed by atoms with Crippen LogP contribution in [0.3, 0.4) is 0 Å². The average molecular weight is 305 g/mol. The molecule has 0 bridgehead atoms.